The highest BCUT2D eigenvalue weighted by molar-refractivity contribution is 6.02. The summed E-state index contributed by atoms with van der Waals surface area (Å²) in [6.45, 7) is 7.00. The normalized spacial score (nSPS) is 21.0. The maximum absolute atomic E-state index is 13.2. The van der Waals surface area contributed by atoms with Gasteiger partial charge in [0, 0.05) is 10.8 Å². The Bertz CT molecular complexity index is 444. The van der Waals surface area contributed by atoms with Crippen LogP contribution in [0.2, 0.25) is 0 Å². The SMILES string of the molecule is CC1(C)C(=O)C(C)(C)c2cc(F)c(F)cc21. The highest BCUT2D eigenvalue weighted by Gasteiger charge is 2.50. The van der Waals surface area contributed by atoms with Gasteiger partial charge in [0.2, 0.25) is 0 Å². The van der Waals surface area contributed by atoms with Crippen LogP contribution >= 0.6 is 0 Å². The number of fused-ring (bicyclic) bond motifs is 1. The zero-order valence-electron chi connectivity index (χ0n) is 9.82. The number of ketones is 1. The van der Waals surface area contributed by atoms with Gasteiger partial charge in [-0.2, -0.15) is 0 Å². The number of carbonyl (C=O) groups is 1. The molecular weight excluding hydrogens is 210 g/mol. The molecule has 0 aromatic heterocycles. The average Bonchev–Trinajstić information content (AvgIpc) is 2.29. The highest BCUT2D eigenvalue weighted by atomic mass is 19.2. The van der Waals surface area contributed by atoms with Crippen LogP contribution in [0.4, 0.5) is 8.78 Å². The molecule has 0 radical (unpaired) electrons. The van der Waals surface area contributed by atoms with Crippen LogP contribution in [0.5, 0.6) is 0 Å². The van der Waals surface area contributed by atoms with E-state index in [1.54, 1.807) is 27.7 Å². The van der Waals surface area contributed by atoms with Crippen molar-refractivity contribution in [3.63, 3.8) is 0 Å². The van der Waals surface area contributed by atoms with Gasteiger partial charge in [0.15, 0.2) is 17.4 Å². The monoisotopic (exact) mass is 224 g/mol. The Labute approximate surface area is 93.5 Å². The number of carbonyl (C=O) groups excluding carboxylic acids is 1. The van der Waals surface area contributed by atoms with E-state index in [2.05, 4.69) is 0 Å². The molecule has 1 aliphatic carbocycles. The molecule has 0 spiro atoms. The quantitative estimate of drug-likeness (QED) is 0.661. The molecule has 1 aliphatic rings. The van der Waals surface area contributed by atoms with Crippen LogP contribution in [-0.2, 0) is 15.6 Å². The van der Waals surface area contributed by atoms with Gasteiger partial charge < -0.3 is 0 Å². The van der Waals surface area contributed by atoms with Crippen molar-refractivity contribution in [1.29, 1.82) is 0 Å². The smallest absolute Gasteiger partial charge is 0.159 e. The summed E-state index contributed by atoms with van der Waals surface area (Å²) >= 11 is 0. The van der Waals surface area contributed by atoms with Crippen molar-refractivity contribution in [3.05, 3.63) is 34.9 Å². The second-order valence-corrected chi connectivity index (χ2v) is 5.39. The molecule has 1 nitrogen and oxygen atoms in total. The van der Waals surface area contributed by atoms with E-state index in [-0.39, 0.29) is 5.78 Å². The van der Waals surface area contributed by atoms with Crippen molar-refractivity contribution in [3.8, 4) is 0 Å². The molecule has 2 rings (SSSR count). The average molecular weight is 224 g/mol. The lowest BCUT2D eigenvalue weighted by Crippen LogP contribution is -2.33. The third-order valence-electron chi connectivity index (χ3n) is 3.54. The minimum Gasteiger partial charge on any atom is -0.298 e. The van der Waals surface area contributed by atoms with E-state index in [9.17, 15) is 13.6 Å². The first-order valence-electron chi connectivity index (χ1n) is 5.24. The molecule has 0 unspecified atom stereocenters. The number of Topliss-reactive ketones (excluding diaryl/α,β-unsaturated/α-hetero) is 1. The van der Waals surface area contributed by atoms with Crippen LogP contribution in [0.15, 0.2) is 12.1 Å². The van der Waals surface area contributed by atoms with E-state index in [4.69, 9.17) is 0 Å². The minimum atomic E-state index is -0.891. The fourth-order valence-corrected chi connectivity index (χ4v) is 2.61. The van der Waals surface area contributed by atoms with Crippen LogP contribution < -0.4 is 0 Å². The number of hydrogen-bond acceptors (Lipinski definition) is 1. The Kier molecular flexibility index (Phi) is 2.04. The summed E-state index contributed by atoms with van der Waals surface area (Å²) in [5.41, 5.74) is -0.288. The lowest BCUT2D eigenvalue weighted by Gasteiger charge is -2.21. The van der Waals surface area contributed by atoms with E-state index in [1.807, 2.05) is 0 Å². The molecule has 86 valence electrons. The molecule has 0 fully saturated rings. The third kappa shape index (κ3) is 1.17. The van der Waals surface area contributed by atoms with Gasteiger partial charge in [-0.1, -0.05) is 0 Å². The highest BCUT2D eigenvalue weighted by Crippen LogP contribution is 2.46. The predicted molar refractivity (Wildman–Crippen MR) is 57.4 cm³/mol. The molecule has 16 heavy (non-hydrogen) atoms. The summed E-state index contributed by atoms with van der Waals surface area (Å²) in [5.74, 6) is -1.78. The largest absolute Gasteiger partial charge is 0.298 e. The summed E-state index contributed by atoms with van der Waals surface area (Å²) in [7, 11) is 0. The van der Waals surface area contributed by atoms with Gasteiger partial charge in [-0.25, -0.2) is 8.78 Å². The van der Waals surface area contributed by atoms with Gasteiger partial charge in [0.05, 0.1) is 0 Å². The molecular formula is C13H14F2O. The first-order chi connectivity index (χ1) is 7.19. The van der Waals surface area contributed by atoms with Gasteiger partial charge in [-0.05, 0) is 51.0 Å². The Hall–Kier alpha value is -1.25. The number of hydrogen-bond donors (Lipinski definition) is 0. The molecule has 0 atom stereocenters. The topological polar surface area (TPSA) is 17.1 Å². The van der Waals surface area contributed by atoms with E-state index in [0.717, 1.165) is 12.1 Å². The van der Waals surface area contributed by atoms with Gasteiger partial charge >= 0.3 is 0 Å². The zero-order chi connectivity index (χ0) is 12.3. The van der Waals surface area contributed by atoms with Crippen LogP contribution in [0, 0.1) is 11.6 Å². The Morgan fingerprint density at radius 1 is 0.875 bits per heavy atom. The van der Waals surface area contributed by atoms with Gasteiger partial charge in [0.25, 0.3) is 0 Å². The second kappa shape index (κ2) is 2.90. The summed E-state index contributed by atoms with van der Waals surface area (Å²) in [6, 6.07) is 2.30. The third-order valence-corrected chi connectivity index (χ3v) is 3.54. The second-order valence-electron chi connectivity index (χ2n) is 5.39. The summed E-state index contributed by atoms with van der Waals surface area (Å²) in [4.78, 5) is 12.2. The zero-order valence-corrected chi connectivity index (χ0v) is 9.82. The summed E-state index contributed by atoms with van der Waals surface area (Å²) in [6.07, 6.45) is 0. The molecule has 3 heteroatoms. The van der Waals surface area contributed by atoms with Crippen LogP contribution in [0.25, 0.3) is 0 Å². The molecule has 0 saturated carbocycles. The van der Waals surface area contributed by atoms with Crippen molar-refractivity contribution in [1.82, 2.24) is 0 Å². The fraction of sp³-hybridized carbons (Fsp3) is 0.462. The van der Waals surface area contributed by atoms with Crippen molar-refractivity contribution in [2.24, 2.45) is 0 Å². The number of benzene rings is 1. The van der Waals surface area contributed by atoms with E-state index < -0.39 is 22.5 Å². The lowest BCUT2D eigenvalue weighted by molar-refractivity contribution is -0.126. The molecule has 0 heterocycles. The predicted octanol–water partition coefficient (Wildman–Crippen LogP) is 3.10. The van der Waals surface area contributed by atoms with Crippen molar-refractivity contribution < 1.29 is 13.6 Å². The van der Waals surface area contributed by atoms with E-state index in [1.165, 1.54) is 0 Å². The molecule has 0 amide bonds. The fourth-order valence-electron chi connectivity index (χ4n) is 2.61. The van der Waals surface area contributed by atoms with Crippen LogP contribution in [0.3, 0.4) is 0 Å². The maximum Gasteiger partial charge on any atom is 0.159 e. The van der Waals surface area contributed by atoms with Crippen molar-refractivity contribution in [2.75, 3.05) is 0 Å². The van der Waals surface area contributed by atoms with Crippen molar-refractivity contribution in [2.45, 2.75) is 38.5 Å². The molecule has 1 aromatic carbocycles. The number of halogens is 2. The molecule has 0 N–H and O–H groups in total. The maximum atomic E-state index is 13.2. The first-order valence-corrected chi connectivity index (χ1v) is 5.24. The van der Waals surface area contributed by atoms with Crippen LogP contribution in [0.1, 0.15) is 38.8 Å². The summed E-state index contributed by atoms with van der Waals surface area (Å²) < 4.78 is 26.4. The Morgan fingerprint density at radius 3 is 1.50 bits per heavy atom. The molecule has 1 aromatic rings. The first kappa shape index (κ1) is 11.2. The lowest BCUT2D eigenvalue weighted by atomic mass is 9.80. The Morgan fingerprint density at radius 2 is 1.19 bits per heavy atom. The van der Waals surface area contributed by atoms with Crippen LogP contribution in [-0.4, -0.2) is 5.78 Å². The number of rotatable bonds is 0. The van der Waals surface area contributed by atoms with Gasteiger partial charge in [-0.15, -0.1) is 0 Å². The van der Waals surface area contributed by atoms with Gasteiger partial charge in [-0.3, -0.25) is 4.79 Å². The molecule has 0 bridgehead atoms. The van der Waals surface area contributed by atoms with Crippen molar-refractivity contribution >= 4 is 5.78 Å². The van der Waals surface area contributed by atoms with E-state index >= 15 is 0 Å². The standard InChI is InChI=1S/C13H14F2O/c1-12(2)7-5-9(14)10(15)6-8(7)13(3,4)11(12)16/h5-6H,1-4H3. The van der Waals surface area contributed by atoms with E-state index in [0.29, 0.717) is 11.1 Å². The molecule has 0 aliphatic heterocycles. The summed E-state index contributed by atoms with van der Waals surface area (Å²) in [5, 5.41) is 0. The minimum absolute atomic E-state index is 0.000000000000000444. The Balaban J connectivity index is 2.81. The molecule has 0 saturated heterocycles. The van der Waals surface area contributed by atoms with Gasteiger partial charge in [0.1, 0.15) is 0 Å².